The van der Waals surface area contributed by atoms with Crippen LogP contribution in [0, 0.1) is 0 Å². The Morgan fingerprint density at radius 3 is 2.63 bits per heavy atom. The van der Waals surface area contributed by atoms with Gasteiger partial charge in [-0.05, 0) is 18.2 Å². The van der Waals surface area contributed by atoms with Crippen molar-refractivity contribution in [2.45, 2.75) is 12.8 Å². The smallest absolute Gasteiger partial charge is 0.416 e. The maximum absolute atomic E-state index is 12.4. The Morgan fingerprint density at radius 2 is 2.11 bits per heavy atom. The molecule has 0 bridgehead atoms. The van der Waals surface area contributed by atoms with E-state index >= 15 is 0 Å². The van der Waals surface area contributed by atoms with E-state index in [4.69, 9.17) is 10.5 Å². The molecule has 0 aliphatic rings. The topological polar surface area (TPSA) is 66.0 Å². The van der Waals surface area contributed by atoms with Crippen LogP contribution in [0.15, 0.2) is 24.4 Å². The van der Waals surface area contributed by atoms with Crippen molar-refractivity contribution in [3.8, 4) is 5.75 Å². The highest BCUT2D eigenvalue weighted by Crippen LogP contribution is 2.33. The zero-order valence-corrected chi connectivity index (χ0v) is 9.98. The second-order valence-electron chi connectivity index (χ2n) is 3.92. The fourth-order valence-electron chi connectivity index (χ4n) is 1.47. The number of ether oxygens (including phenoxy) is 1. The predicted octanol–water partition coefficient (Wildman–Crippen LogP) is 2.00. The minimum Gasteiger partial charge on any atom is -0.485 e. The van der Waals surface area contributed by atoms with Gasteiger partial charge in [0.2, 0.25) is 0 Å². The van der Waals surface area contributed by atoms with Crippen LogP contribution in [0.2, 0.25) is 0 Å². The molecule has 0 aliphatic heterocycles. The third kappa shape index (κ3) is 3.15. The highest BCUT2D eigenvalue weighted by Gasteiger charge is 2.30. The zero-order chi connectivity index (χ0) is 14.0. The summed E-state index contributed by atoms with van der Waals surface area (Å²) in [4.78, 5) is 0. The summed E-state index contributed by atoms with van der Waals surface area (Å²) in [6.45, 7) is 0.0867. The summed E-state index contributed by atoms with van der Waals surface area (Å²) in [7, 11) is 1.70. The molecule has 1 aromatic heterocycles. The molecular formula is C11H11F3N4O. The highest BCUT2D eigenvalue weighted by atomic mass is 19.4. The van der Waals surface area contributed by atoms with Crippen LogP contribution in [-0.4, -0.2) is 15.0 Å². The fraction of sp³-hybridized carbons (Fsp3) is 0.273. The van der Waals surface area contributed by atoms with Gasteiger partial charge in [0.05, 0.1) is 17.4 Å². The average molecular weight is 272 g/mol. The number of hydrogen-bond acceptors (Lipinski definition) is 4. The second kappa shape index (κ2) is 4.79. The van der Waals surface area contributed by atoms with Crippen LogP contribution in [-0.2, 0) is 19.8 Å². The summed E-state index contributed by atoms with van der Waals surface area (Å²) in [6, 6.07) is 2.95. The van der Waals surface area contributed by atoms with Crippen LogP contribution in [0.25, 0.3) is 0 Å². The Balaban J connectivity index is 2.09. The third-order valence-corrected chi connectivity index (χ3v) is 2.36. The van der Waals surface area contributed by atoms with Crippen molar-refractivity contribution in [3.05, 3.63) is 35.7 Å². The first-order valence-corrected chi connectivity index (χ1v) is 5.31. The molecule has 102 valence electrons. The number of aromatic nitrogens is 3. The molecular weight excluding hydrogens is 261 g/mol. The van der Waals surface area contributed by atoms with E-state index in [1.54, 1.807) is 13.2 Å². The molecule has 0 saturated heterocycles. The summed E-state index contributed by atoms with van der Waals surface area (Å²) < 4.78 is 44.1. The Labute approximate surface area is 106 Å². The molecule has 0 unspecified atom stereocenters. The monoisotopic (exact) mass is 272 g/mol. The molecule has 0 aliphatic carbocycles. The lowest BCUT2D eigenvalue weighted by atomic mass is 10.2. The Bertz CT molecular complexity index is 580. The van der Waals surface area contributed by atoms with Crippen molar-refractivity contribution in [1.29, 1.82) is 0 Å². The number of nitrogens with two attached hydrogens (primary N) is 1. The van der Waals surface area contributed by atoms with E-state index in [0.29, 0.717) is 5.69 Å². The minimum atomic E-state index is -4.42. The normalized spacial score (nSPS) is 11.6. The fourth-order valence-corrected chi connectivity index (χ4v) is 1.47. The molecule has 1 aromatic carbocycles. The average Bonchev–Trinajstić information content (AvgIpc) is 2.72. The minimum absolute atomic E-state index is 0.0706. The van der Waals surface area contributed by atoms with Gasteiger partial charge in [-0.1, -0.05) is 5.21 Å². The summed E-state index contributed by atoms with van der Waals surface area (Å²) in [5.41, 5.74) is 5.20. The van der Waals surface area contributed by atoms with Crippen molar-refractivity contribution in [2.75, 3.05) is 5.73 Å². The van der Waals surface area contributed by atoms with E-state index in [2.05, 4.69) is 10.3 Å². The van der Waals surface area contributed by atoms with Crippen LogP contribution >= 0.6 is 0 Å². The molecule has 2 N–H and O–H groups in total. The number of nitrogen functional groups attached to an aromatic ring is 1. The third-order valence-electron chi connectivity index (χ3n) is 2.36. The number of aryl methyl sites for hydroxylation is 1. The SMILES string of the molecule is Cn1cc(COc2ccc(C(F)(F)F)cc2N)nn1. The Hall–Kier alpha value is -2.25. The predicted molar refractivity (Wildman–Crippen MR) is 61.2 cm³/mol. The number of benzene rings is 1. The molecule has 0 radical (unpaired) electrons. The van der Waals surface area contributed by atoms with Gasteiger partial charge in [0.15, 0.2) is 0 Å². The van der Waals surface area contributed by atoms with Gasteiger partial charge in [-0.25, -0.2) is 0 Å². The Kier molecular flexibility index (Phi) is 3.32. The number of hydrogen-bond donors (Lipinski definition) is 1. The van der Waals surface area contributed by atoms with Gasteiger partial charge in [0, 0.05) is 7.05 Å². The molecule has 1 heterocycles. The van der Waals surface area contributed by atoms with E-state index < -0.39 is 11.7 Å². The van der Waals surface area contributed by atoms with Gasteiger partial charge in [-0.3, -0.25) is 4.68 Å². The summed E-state index contributed by atoms with van der Waals surface area (Å²) >= 11 is 0. The first-order chi connectivity index (χ1) is 8.86. The number of alkyl halides is 3. The van der Waals surface area contributed by atoms with Gasteiger partial charge in [0.1, 0.15) is 18.1 Å². The van der Waals surface area contributed by atoms with Gasteiger partial charge >= 0.3 is 6.18 Å². The highest BCUT2D eigenvalue weighted by molar-refractivity contribution is 5.54. The van der Waals surface area contributed by atoms with Crippen molar-refractivity contribution in [2.24, 2.45) is 7.05 Å². The molecule has 8 heteroatoms. The van der Waals surface area contributed by atoms with Crippen LogP contribution in [0.5, 0.6) is 5.75 Å². The number of anilines is 1. The first kappa shape index (κ1) is 13.2. The van der Waals surface area contributed by atoms with Crippen LogP contribution < -0.4 is 10.5 Å². The summed E-state index contributed by atoms with van der Waals surface area (Å²) in [6.07, 6.45) is -2.78. The maximum Gasteiger partial charge on any atom is 0.416 e. The second-order valence-corrected chi connectivity index (χ2v) is 3.92. The number of rotatable bonds is 3. The summed E-state index contributed by atoms with van der Waals surface area (Å²) in [5, 5.41) is 7.49. The van der Waals surface area contributed by atoms with Gasteiger partial charge in [-0.2, -0.15) is 13.2 Å². The molecule has 0 spiro atoms. The van der Waals surface area contributed by atoms with E-state index in [1.807, 2.05) is 0 Å². The quantitative estimate of drug-likeness (QED) is 0.868. The molecule has 0 atom stereocenters. The molecule has 2 rings (SSSR count). The van der Waals surface area contributed by atoms with Crippen molar-refractivity contribution in [1.82, 2.24) is 15.0 Å². The van der Waals surface area contributed by atoms with Crippen molar-refractivity contribution < 1.29 is 17.9 Å². The van der Waals surface area contributed by atoms with Gasteiger partial charge in [0.25, 0.3) is 0 Å². The lowest BCUT2D eigenvalue weighted by molar-refractivity contribution is -0.137. The van der Waals surface area contributed by atoms with Gasteiger partial charge in [-0.15, -0.1) is 5.10 Å². The van der Waals surface area contributed by atoms with E-state index in [1.165, 1.54) is 10.7 Å². The zero-order valence-electron chi connectivity index (χ0n) is 9.98. The molecule has 5 nitrogen and oxygen atoms in total. The largest absolute Gasteiger partial charge is 0.485 e. The van der Waals surface area contributed by atoms with E-state index in [9.17, 15) is 13.2 Å². The summed E-state index contributed by atoms with van der Waals surface area (Å²) in [5.74, 6) is 0.179. The molecule has 0 saturated carbocycles. The van der Waals surface area contributed by atoms with E-state index in [0.717, 1.165) is 12.1 Å². The molecule has 0 fully saturated rings. The molecule has 2 aromatic rings. The van der Waals surface area contributed by atoms with Crippen LogP contribution in [0.3, 0.4) is 0 Å². The number of halogens is 3. The van der Waals surface area contributed by atoms with Gasteiger partial charge < -0.3 is 10.5 Å². The molecule has 19 heavy (non-hydrogen) atoms. The van der Waals surface area contributed by atoms with Crippen molar-refractivity contribution >= 4 is 5.69 Å². The Morgan fingerprint density at radius 1 is 1.37 bits per heavy atom. The van der Waals surface area contributed by atoms with Crippen molar-refractivity contribution in [3.63, 3.8) is 0 Å². The van der Waals surface area contributed by atoms with E-state index in [-0.39, 0.29) is 18.0 Å². The van der Waals surface area contributed by atoms with Crippen LogP contribution in [0.4, 0.5) is 18.9 Å². The molecule has 0 amide bonds. The number of nitrogens with zero attached hydrogens (tertiary/aromatic N) is 3. The van der Waals surface area contributed by atoms with Crippen LogP contribution in [0.1, 0.15) is 11.3 Å². The lowest BCUT2D eigenvalue weighted by Crippen LogP contribution is -2.06. The maximum atomic E-state index is 12.4. The lowest BCUT2D eigenvalue weighted by Gasteiger charge is -2.11. The standard InChI is InChI=1S/C11H11F3N4O/c1-18-5-8(16-17-18)6-19-10-3-2-7(4-9(10)15)11(12,13)14/h2-5H,6,15H2,1H3. The first-order valence-electron chi connectivity index (χ1n) is 5.31.